The van der Waals surface area contributed by atoms with Crippen molar-refractivity contribution in [1.29, 1.82) is 0 Å². The first-order chi connectivity index (χ1) is 11.0. The number of rotatable bonds is 5. The summed E-state index contributed by atoms with van der Waals surface area (Å²) in [4.78, 5) is 33.8. The number of carbonyl (C=O) groups excluding carboxylic acids is 2. The monoisotopic (exact) mass is 320 g/mol. The number of aromatic amines is 1. The summed E-state index contributed by atoms with van der Waals surface area (Å²) in [6.45, 7) is 12.7. The van der Waals surface area contributed by atoms with Crippen LogP contribution >= 0.6 is 0 Å². The molecule has 0 atom stereocenters. The van der Waals surface area contributed by atoms with Gasteiger partial charge in [-0.3, -0.25) is 9.69 Å². The van der Waals surface area contributed by atoms with Crippen molar-refractivity contribution in [1.82, 2.24) is 19.7 Å². The third-order valence-corrected chi connectivity index (χ3v) is 4.49. The Bertz CT molecular complexity index is 555. The molecule has 6 heteroatoms. The summed E-state index contributed by atoms with van der Waals surface area (Å²) in [6.07, 6.45) is 0. The van der Waals surface area contributed by atoms with Crippen molar-refractivity contribution in [2.45, 2.75) is 27.7 Å². The number of urea groups is 1. The van der Waals surface area contributed by atoms with Gasteiger partial charge in [0.1, 0.15) is 0 Å². The van der Waals surface area contributed by atoms with Gasteiger partial charge in [0.25, 0.3) is 0 Å². The minimum atomic E-state index is 0.109. The lowest BCUT2D eigenvalue weighted by atomic mass is 10.1. The number of nitrogens with one attached hydrogen (secondary N) is 1. The number of piperazine rings is 1. The predicted octanol–water partition coefficient (Wildman–Crippen LogP) is 1.89. The summed E-state index contributed by atoms with van der Waals surface area (Å²) in [5.41, 5.74) is 2.73. The highest BCUT2D eigenvalue weighted by Gasteiger charge is 2.25. The summed E-state index contributed by atoms with van der Waals surface area (Å²) in [6, 6.07) is 2.02. The van der Waals surface area contributed by atoms with E-state index in [2.05, 4.69) is 9.88 Å². The number of aryl methyl sites for hydroxylation is 2. The van der Waals surface area contributed by atoms with E-state index < -0.39 is 0 Å². The lowest BCUT2D eigenvalue weighted by Crippen LogP contribution is -2.53. The largest absolute Gasteiger partial charge is 0.362 e. The zero-order valence-electron chi connectivity index (χ0n) is 14.7. The second-order valence-corrected chi connectivity index (χ2v) is 6.13. The van der Waals surface area contributed by atoms with Crippen molar-refractivity contribution in [2.24, 2.45) is 0 Å². The molecule has 1 aliphatic rings. The van der Waals surface area contributed by atoms with Gasteiger partial charge in [0.05, 0.1) is 6.54 Å². The van der Waals surface area contributed by atoms with Crippen LogP contribution in [0.5, 0.6) is 0 Å². The number of amides is 2. The molecule has 2 rings (SSSR count). The first-order valence-corrected chi connectivity index (χ1v) is 8.41. The lowest BCUT2D eigenvalue weighted by Gasteiger charge is -2.36. The molecular formula is C17H28N4O2. The quantitative estimate of drug-likeness (QED) is 0.843. The van der Waals surface area contributed by atoms with Crippen LogP contribution in [0.2, 0.25) is 0 Å². The smallest absolute Gasteiger partial charge is 0.320 e. The van der Waals surface area contributed by atoms with Crippen molar-refractivity contribution < 1.29 is 9.59 Å². The summed E-state index contributed by atoms with van der Waals surface area (Å²) >= 11 is 0. The van der Waals surface area contributed by atoms with Crippen molar-refractivity contribution >= 4 is 11.8 Å². The Kier molecular flexibility index (Phi) is 5.82. The van der Waals surface area contributed by atoms with Gasteiger partial charge in [0.15, 0.2) is 5.78 Å². The molecule has 23 heavy (non-hydrogen) atoms. The van der Waals surface area contributed by atoms with Crippen LogP contribution in [0.15, 0.2) is 6.07 Å². The topological polar surface area (TPSA) is 59.7 Å². The average molecular weight is 320 g/mol. The van der Waals surface area contributed by atoms with Crippen LogP contribution in [0.1, 0.15) is 35.6 Å². The van der Waals surface area contributed by atoms with Crippen LogP contribution < -0.4 is 0 Å². The van der Waals surface area contributed by atoms with E-state index in [1.54, 1.807) is 0 Å². The molecule has 128 valence electrons. The van der Waals surface area contributed by atoms with E-state index in [9.17, 15) is 9.59 Å². The van der Waals surface area contributed by atoms with Gasteiger partial charge in [-0.15, -0.1) is 0 Å². The maximum absolute atomic E-state index is 12.4. The molecular weight excluding hydrogens is 292 g/mol. The molecule has 1 aromatic heterocycles. The van der Waals surface area contributed by atoms with Gasteiger partial charge in [-0.2, -0.15) is 0 Å². The van der Waals surface area contributed by atoms with Crippen LogP contribution in [0.25, 0.3) is 0 Å². The van der Waals surface area contributed by atoms with Crippen molar-refractivity contribution in [3.05, 3.63) is 23.0 Å². The highest BCUT2D eigenvalue weighted by Crippen LogP contribution is 2.12. The molecule has 0 aliphatic carbocycles. The van der Waals surface area contributed by atoms with E-state index in [1.165, 1.54) is 0 Å². The zero-order chi connectivity index (χ0) is 17.0. The van der Waals surface area contributed by atoms with Crippen LogP contribution in [-0.4, -0.2) is 77.3 Å². The Morgan fingerprint density at radius 1 is 1.13 bits per heavy atom. The van der Waals surface area contributed by atoms with Crippen molar-refractivity contribution in [3.8, 4) is 0 Å². The number of hydrogen-bond donors (Lipinski definition) is 1. The number of ketones is 1. The van der Waals surface area contributed by atoms with Crippen LogP contribution in [0, 0.1) is 13.8 Å². The number of aromatic nitrogens is 1. The first kappa shape index (κ1) is 17.5. The van der Waals surface area contributed by atoms with Gasteiger partial charge in [-0.25, -0.2) is 4.79 Å². The molecule has 0 saturated carbocycles. The fourth-order valence-corrected chi connectivity index (χ4v) is 3.09. The lowest BCUT2D eigenvalue weighted by molar-refractivity contribution is 0.0853. The molecule has 0 spiro atoms. The molecule has 0 unspecified atom stereocenters. The molecule has 0 bridgehead atoms. The van der Waals surface area contributed by atoms with E-state index in [-0.39, 0.29) is 11.8 Å². The Morgan fingerprint density at radius 3 is 2.22 bits per heavy atom. The first-order valence-electron chi connectivity index (χ1n) is 8.41. The summed E-state index contributed by atoms with van der Waals surface area (Å²) in [7, 11) is 0. The van der Waals surface area contributed by atoms with Gasteiger partial charge >= 0.3 is 6.03 Å². The number of Topliss-reactive ketones (excluding diaryl/α,β-unsaturated/α-hetero) is 1. The summed E-state index contributed by atoms with van der Waals surface area (Å²) < 4.78 is 0. The van der Waals surface area contributed by atoms with Gasteiger partial charge < -0.3 is 14.8 Å². The number of nitrogens with zero attached hydrogens (tertiary/aromatic N) is 3. The normalized spacial score (nSPS) is 15.7. The fraction of sp³-hybridized carbons (Fsp3) is 0.647. The third-order valence-electron chi connectivity index (χ3n) is 4.49. The van der Waals surface area contributed by atoms with E-state index in [1.807, 2.05) is 43.6 Å². The Balaban J connectivity index is 1.86. The molecule has 1 aromatic rings. The zero-order valence-corrected chi connectivity index (χ0v) is 14.7. The van der Waals surface area contributed by atoms with Crippen molar-refractivity contribution in [3.63, 3.8) is 0 Å². The number of carbonyl (C=O) groups is 2. The summed E-state index contributed by atoms with van der Waals surface area (Å²) in [5, 5.41) is 0. The number of H-pyrrole nitrogens is 1. The predicted molar refractivity (Wildman–Crippen MR) is 90.9 cm³/mol. The third kappa shape index (κ3) is 4.13. The maximum atomic E-state index is 12.4. The molecule has 0 aromatic carbocycles. The number of hydrogen-bond acceptors (Lipinski definition) is 3. The molecule has 1 N–H and O–H groups in total. The van der Waals surface area contributed by atoms with Gasteiger partial charge in [-0.1, -0.05) is 0 Å². The SMILES string of the molecule is CCN(CC)C(=O)N1CCN(CC(=O)c2cc(C)[nH]c2C)CC1. The Hall–Kier alpha value is -1.82. The van der Waals surface area contributed by atoms with E-state index >= 15 is 0 Å². The molecule has 1 fully saturated rings. The van der Waals surface area contributed by atoms with Crippen molar-refractivity contribution in [2.75, 3.05) is 45.8 Å². The summed E-state index contributed by atoms with van der Waals surface area (Å²) in [5.74, 6) is 0.148. The highest BCUT2D eigenvalue weighted by molar-refractivity contribution is 5.98. The molecule has 0 radical (unpaired) electrons. The minimum absolute atomic E-state index is 0.109. The van der Waals surface area contributed by atoms with E-state index in [0.717, 1.165) is 43.1 Å². The maximum Gasteiger partial charge on any atom is 0.320 e. The van der Waals surface area contributed by atoms with E-state index in [4.69, 9.17) is 0 Å². The molecule has 2 amide bonds. The molecule has 1 saturated heterocycles. The van der Waals surface area contributed by atoms with Crippen LogP contribution in [-0.2, 0) is 0 Å². The Morgan fingerprint density at radius 2 is 1.74 bits per heavy atom. The molecule has 2 heterocycles. The molecule has 1 aliphatic heterocycles. The van der Waals surface area contributed by atoms with Gasteiger partial charge in [-0.05, 0) is 33.8 Å². The minimum Gasteiger partial charge on any atom is -0.362 e. The highest BCUT2D eigenvalue weighted by atomic mass is 16.2. The van der Waals surface area contributed by atoms with Crippen LogP contribution in [0.4, 0.5) is 4.79 Å². The van der Waals surface area contributed by atoms with Crippen LogP contribution in [0.3, 0.4) is 0 Å². The standard InChI is InChI=1S/C17H28N4O2/c1-5-20(6-2)17(23)21-9-7-19(8-10-21)12-16(22)15-11-13(3)18-14(15)4/h11,18H,5-10,12H2,1-4H3. The average Bonchev–Trinajstić information content (AvgIpc) is 2.88. The van der Waals surface area contributed by atoms with Gasteiger partial charge in [0, 0.05) is 56.2 Å². The van der Waals surface area contributed by atoms with E-state index in [0.29, 0.717) is 19.6 Å². The Labute approximate surface area is 138 Å². The van der Waals surface area contributed by atoms with Gasteiger partial charge in [0.2, 0.25) is 0 Å². The molecule has 6 nitrogen and oxygen atoms in total. The fourth-order valence-electron chi connectivity index (χ4n) is 3.09. The second kappa shape index (κ2) is 7.64. The second-order valence-electron chi connectivity index (χ2n) is 6.13.